The Kier molecular flexibility index (Phi) is 4.24. The minimum Gasteiger partial charge on any atom is -0.330 e. The molecule has 0 unspecified atom stereocenters. The summed E-state index contributed by atoms with van der Waals surface area (Å²) < 4.78 is 4.38. The average Bonchev–Trinajstić information content (AvgIpc) is 3.22. The van der Waals surface area contributed by atoms with Crippen LogP contribution in [0.5, 0.6) is 0 Å². The molecule has 2 aromatic carbocycles. The predicted octanol–water partition coefficient (Wildman–Crippen LogP) is 4.57. The molecule has 3 heterocycles. The highest BCUT2D eigenvalue weighted by Gasteiger charge is 2.15. The highest BCUT2D eigenvalue weighted by Crippen LogP contribution is 2.28. The molecule has 6 nitrogen and oxygen atoms in total. The molecule has 0 bridgehead atoms. The van der Waals surface area contributed by atoms with Gasteiger partial charge in [0.05, 0.1) is 22.3 Å². The molecule has 0 fully saturated rings. The molecule has 5 rings (SSSR count). The van der Waals surface area contributed by atoms with Gasteiger partial charge >= 0.3 is 0 Å². The molecule has 0 amide bonds. The number of aryl methyl sites for hydroxylation is 2. The zero-order valence-electron chi connectivity index (χ0n) is 15.8. The van der Waals surface area contributed by atoms with Gasteiger partial charge in [-0.3, -0.25) is 0 Å². The minimum absolute atomic E-state index is 0.680. The monoisotopic (exact) mass is 388 g/mol. The topological polar surface area (TPSA) is 61.4 Å². The van der Waals surface area contributed by atoms with Gasteiger partial charge in [-0.15, -0.1) is 10.2 Å². The molecule has 0 spiro atoms. The van der Waals surface area contributed by atoms with Crippen LogP contribution < -0.4 is 0 Å². The van der Waals surface area contributed by atoms with Crippen molar-refractivity contribution in [3.63, 3.8) is 0 Å². The van der Waals surface area contributed by atoms with Gasteiger partial charge < -0.3 is 9.13 Å². The Labute approximate surface area is 166 Å². The van der Waals surface area contributed by atoms with Crippen LogP contribution in [0.2, 0.25) is 0 Å². The molecule has 0 aliphatic rings. The molecule has 0 radical (unpaired) electrons. The fraction of sp³-hybridized carbons (Fsp3) is 0.238. The van der Waals surface area contributed by atoms with Crippen molar-refractivity contribution in [3.05, 3.63) is 54.4 Å². The number of thioether (sulfide) groups is 1. The summed E-state index contributed by atoms with van der Waals surface area (Å²) in [5.41, 5.74) is 5.09. The van der Waals surface area contributed by atoms with Gasteiger partial charge in [0.2, 0.25) is 5.16 Å². The third kappa shape index (κ3) is 2.74. The van der Waals surface area contributed by atoms with Crippen molar-refractivity contribution in [1.82, 2.24) is 29.3 Å². The summed E-state index contributed by atoms with van der Waals surface area (Å²) in [4.78, 5) is 9.58. The largest absolute Gasteiger partial charge is 0.330 e. The Morgan fingerprint density at radius 1 is 0.929 bits per heavy atom. The summed E-state index contributed by atoms with van der Waals surface area (Å²) in [6.45, 7) is 3.09. The molecule has 3 aromatic heterocycles. The SMILES string of the molecule is CCCn1c2ccccc2c2nnc(SCc3nc4ccccc4n3C)nc21. The second kappa shape index (κ2) is 6.91. The maximum Gasteiger partial charge on any atom is 0.211 e. The van der Waals surface area contributed by atoms with E-state index < -0.39 is 0 Å². The van der Waals surface area contributed by atoms with Crippen molar-refractivity contribution in [2.75, 3.05) is 0 Å². The molecular weight excluding hydrogens is 368 g/mol. The Hall–Kier alpha value is -2.93. The number of para-hydroxylation sites is 3. The molecule has 0 aliphatic heterocycles. The van der Waals surface area contributed by atoms with Gasteiger partial charge in [-0.1, -0.05) is 49.0 Å². The van der Waals surface area contributed by atoms with Crippen LogP contribution in [0.4, 0.5) is 0 Å². The van der Waals surface area contributed by atoms with Gasteiger partial charge in [0.25, 0.3) is 0 Å². The summed E-state index contributed by atoms with van der Waals surface area (Å²) in [6.07, 6.45) is 1.04. The van der Waals surface area contributed by atoms with Gasteiger partial charge in [0.15, 0.2) is 5.65 Å². The maximum atomic E-state index is 4.84. The molecule has 0 aliphatic carbocycles. The molecular formula is C21H20N6S. The van der Waals surface area contributed by atoms with Crippen molar-refractivity contribution in [2.24, 2.45) is 7.05 Å². The predicted molar refractivity (Wildman–Crippen MR) is 113 cm³/mol. The van der Waals surface area contributed by atoms with Crippen LogP contribution in [0, 0.1) is 0 Å². The van der Waals surface area contributed by atoms with Crippen molar-refractivity contribution in [1.29, 1.82) is 0 Å². The van der Waals surface area contributed by atoms with E-state index in [-0.39, 0.29) is 0 Å². The summed E-state index contributed by atoms with van der Waals surface area (Å²) in [5, 5.41) is 10.7. The summed E-state index contributed by atoms with van der Waals surface area (Å²) in [6, 6.07) is 16.5. The van der Waals surface area contributed by atoms with Gasteiger partial charge in [0, 0.05) is 19.0 Å². The van der Waals surface area contributed by atoms with Crippen LogP contribution in [0.1, 0.15) is 19.2 Å². The molecule has 5 aromatic rings. The van der Waals surface area contributed by atoms with Crippen molar-refractivity contribution >= 4 is 44.9 Å². The van der Waals surface area contributed by atoms with Crippen LogP contribution in [-0.4, -0.2) is 29.3 Å². The second-order valence-corrected chi connectivity index (χ2v) is 7.74. The van der Waals surface area contributed by atoms with Crippen LogP contribution in [0.25, 0.3) is 33.1 Å². The molecule has 28 heavy (non-hydrogen) atoms. The molecule has 0 saturated heterocycles. The normalized spacial score (nSPS) is 11.8. The molecule has 7 heteroatoms. The Balaban J connectivity index is 1.51. The zero-order valence-corrected chi connectivity index (χ0v) is 16.6. The Morgan fingerprint density at radius 3 is 2.54 bits per heavy atom. The van der Waals surface area contributed by atoms with Crippen LogP contribution in [-0.2, 0) is 19.3 Å². The lowest BCUT2D eigenvalue weighted by Gasteiger charge is -2.05. The van der Waals surface area contributed by atoms with E-state index in [1.165, 1.54) is 5.52 Å². The Morgan fingerprint density at radius 2 is 1.71 bits per heavy atom. The fourth-order valence-corrected chi connectivity index (χ4v) is 4.42. The number of imidazole rings is 1. The highest BCUT2D eigenvalue weighted by atomic mass is 32.2. The average molecular weight is 389 g/mol. The summed E-state index contributed by atoms with van der Waals surface area (Å²) >= 11 is 1.57. The number of nitrogens with zero attached hydrogens (tertiary/aromatic N) is 6. The van der Waals surface area contributed by atoms with E-state index in [0.29, 0.717) is 10.9 Å². The minimum atomic E-state index is 0.680. The van der Waals surface area contributed by atoms with E-state index in [2.05, 4.69) is 50.5 Å². The highest BCUT2D eigenvalue weighted by molar-refractivity contribution is 7.98. The van der Waals surface area contributed by atoms with Gasteiger partial charge in [-0.05, 0) is 24.6 Å². The third-order valence-electron chi connectivity index (χ3n) is 5.01. The first kappa shape index (κ1) is 17.2. The quantitative estimate of drug-likeness (QED) is 0.413. The molecule has 0 atom stereocenters. The van der Waals surface area contributed by atoms with E-state index in [9.17, 15) is 0 Å². The molecule has 0 saturated carbocycles. The molecule has 0 N–H and O–H groups in total. The van der Waals surface area contributed by atoms with Gasteiger partial charge in [-0.2, -0.15) is 0 Å². The van der Waals surface area contributed by atoms with Gasteiger partial charge in [0.1, 0.15) is 11.3 Å². The summed E-state index contributed by atoms with van der Waals surface area (Å²) in [7, 11) is 2.05. The van der Waals surface area contributed by atoms with Gasteiger partial charge in [-0.25, -0.2) is 9.97 Å². The van der Waals surface area contributed by atoms with Crippen molar-refractivity contribution < 1.29 is 0 Å². The molecule has 140 valence electrons. The van der Waals surface area contributed by atoms with Crippen molar-refractivity contribution in [2.45, 2.75) is 30.8 Å². The zero-order chi connectivity index (χ0) is 19.1. The third-order valence-corrected chi connectivity index (χ3v) is 5.85. The number of rotatable bonds is 5. The summed E-state index contributed by atoms with van der Waals surface area (Å²) in [5.74, 6) is 1.70. The first-order valence-corrected chi connectivity index (χ1v) is 10.4. The second-order valence-electron chi connectivity index (χ2n) is 6.80. The van der Waals surface area contributed by atoms with E-state index in [0.717, 1.165) is 46.4 Å². The van der Waals surface area contributed by atoms with E-state index >= 15 is 0 Å². The number of hydrogen-bond donors (Lipinski definition) is 0. The number of benzene rings is 2. The standard InChI is InChI=1S/C21H20N6S/c1-3-12-27-16-10-6-4-8-14(16)19-20(27)23-21(25-24-19)28-13-18-22-15-9-5-7-11-17(15)26(18)2/h4-11H,3,12-13H2,1-2H3. The maximum absolute atomic E-state index is 4.84. The number of fused-ring (bicyclic) bond motifs is 4. The van der Waals surface area contributed by atoms with E-state index in [1.54, 1.807) is 11.8 Å². The van der Waals surface area contributed by atoms with Crippen molar-refractivity contribution in [3.8, 4) is 0 Å². The lowest BCUT2D eigenvalue weighted by Crippen LogP contribution is -2.01. The first-order valence-electron chi connectivity index (χ1n) is 9.41. The van der Waals surface area contributed by atoms with E-state index in [1.807, 2.05) is 31.3 Å². The number of aromatic nitrogens is 6. The Bertz CT molecular complexity index is 1300. The van der Waals surface area contributed by atoms with Crippen LogP contribution >= 0.6 is 11.8 Å². The van der Waals surface area contributed by atoms with Crippen LogP contribution in [0.3, 0.4) is 0 Å². The number of hydrogen-bond acceptors (Lipinski definition) is 5. The van der Waals surface area contributed by atoms with Crippen LogP contribution in [0.15, 0.2) is 53.7 Å². The first-order chi connectivity index (χ1) is 13.8. The van der Waals surface area contributed by atoms with E-state index in [4.69, 9.17) is 9.97 Å². The smallest absolute Gasteiger partial charge is 0.211 e. The lowest BCUT2D eigenvalue weighted by atomic mass is 10.2. The lowest BCUT2D eigenvalue weighted by molar-refractivity contribution is 0.709. The fourth-order valence-electron chi connectivity index (χ4n) is 3.65.